The summed E-state index contributed by atoms with van der Waals surface area (Å²) in [6.07, 6.45) is -1.54. The molecule has 0 saturated heterocycles. The molecule has 1 unspecified atom stereocenters. The molecule has 1 aromatic heterocycles. The van der Waals surface area contributed by atoms with Crippen molar-refractivity contribution in [2.75, 3.05) is 14.2 Å². The zero-order chi connectivity index (χ0) is 25.6. The number of nitrogens with zero attached hydrogens (tertiary/aromatic N) is 1. The smallest absolute Gasteiger partial charge is 0.416 e. The molecule has 2 aromatic carbocycles. The molecule has 0 bridgehead atoms. The highest BCUT2D eigenvalue weighted by atomic mass is 32.1. The highest BCUT2D eigenvalue weighted by molar-refractivity contribution is 7.11. The molecule has 0 amide bonds. The van der Waals surface area contributed by atoms with Crippen LogP contribution in [-0.2, 0) is 19.3 Å². The molecule has 1 atom stereocenters. The van der Waals surface area contributed by atoms with E-state index in [1.165, 1.54) is 17.0 Å². The lowest BCUT2D eigenvalue weighted by Crippen LogP contribution is -2.23. The zero-order valence-corrected chi connectivity index (χ0v) is 21.3. The Balaban J connectivity index is 1.74. The number of methoxy groups -OCH3 is 2. The van der Waals surface area contributed by atoms with Gasteiger partial charge in [-0.1, -0.05) is 26.0 Å². The van der Waals surface area contributed by atoms with Gasteiger partial charge in [0, 0.05) is 29.8 Å². The molecule has 9 heteroatoms. The number of alkyl halides is 3. The van der Waals surface area contributed by atoms with Crippen LogP contribution >= 0.6 is 11.3 Å². The second-order valence-electron chi connectivity index (χ2n) is 8.66. The van der Waals surface area contributed by atoms with E-state index in [-0.39, 0.29) is 12.6 Å². The minimum absolute atomic E-state index is 0.0960. The van der Waals surface area contributed by atoms with Crippen LogP contribution in [0.4, 0.5) is 13.2 Å². The number of ether oxygens (including phenoxy) is 3. The van der Waals surface area contributed by atoms with E-state index in [1.807, 2.05) is 13.1 Å². The maximum Gasteiger partial charge on any atom is 0.416 e. The fraction of sp³-hybridized carbons (Fsp3) is 0.423. The van der Waals surface area contributed by atoms with Crippen molar-refractivity contribution in [3.8, 4) is 17.2 Å². The molecule has 0 aliphatic rings. The molecule has 0 fully saturated rings. The van der Waals surface area contributed by atoms with Gasteiger partial charge in [0.2, 0.25) is 0 Å². The third-order valence-electron chi connectivity index (χ3n) is 5.44. The Morgan fingerprint density at radius 1 is 1.03 bits per heavy atom. The first-order valence-electron chi connectivity index (χ1n) is 11.3. The fourth-order valence-electron chi connectivity index (χ4n) is 3.68. The molecule has 3 rings (SSSR count). The first-order chi connectivity index (χ1) is 16.6. The number of benzene rings is 2. The van der Waals surface area contributed by atoms with Crippen LogP contribution in [0.5, 0.6) is 17.2 Å². The van der Waals surface area contributed by atoms with E-state index in [0.717, 1.165) is 29.1 Å². The van der Waals surface area contributed by atoms with Gasteiger partial charge in [-0.15, -0.1) is 11.3 Å². The predicted molar refractivity (Wildman–Crippen MR) is 131 cm³/mol. The van der Waals surface area contributed by atoms with Gasteiger partial charge in [-0.2, -0.15) is 13.2 Å². The van der Waals surface area contributed by atoms with Crippen LogP contribution in [0.25, 0.3) is 0 Å². The third kappa shape index (κ3) is 7.35. The van der Waals surface area contributed by atoms with Crippen molar-refractivity contribution in [2.45, 2.75) is 52.6 Å². The van der Waals surface area contributed by atoms with Crippen LogP contribution in [-0.4, -0.2) is 19.2 Å². The van der Waals surface area contributed by atoms with Crippen LogP contribution in [0.15, 0.2) is 42.6 Å². The van der Waals surface area contributed by atoms with Crippen molar-refractivity contribution >= 4 is 11.3 Å². The summed E-state index contributed by atoms with van der Waals surface area (Å²) >= 11 is 1.68. The highest BCUT2D eigenvalue weighted by Gasteiger charge is 2.30. The zero-order valence-electron chi connectivity index (χ0n) is 20.5. The van der Waals surface area contributed by atoms with E-state index in [0.29, 0.717) is 35.3 Å². The molecule has 1 N–H and O–H groups in total. The van der Waals surface area contributed by atoms with Gasteiger partial charge in [0.15, 0.2) is 0 Å². The number of thiazole rings is 1. The van der Waals surface area contributed by atoms with Gasteiger partial charge in [-0.3, -0.25) is 0 Å². The normalized spacial score (nSPS) is 12.6. The number of halogens is 3. The lowest BCUT2D eigenvalue weighted by molar-refractivity contribution is -0.137. The van der Waals surface area contributed by atoms with E-state index in [2.05, 4.69) is 24.1 Å². The molecule has 0 spiro atoms. The average Bonchev–Trinajstić information content (AvgIpc) is 3.25. The van der Waals surface area contributed by atoms with Crippen molar-refractivity contribution < 1.29 is 27.4 Å². The SMILES string of the molecule is COc1cc(OCc2ccc(C(F)(F)F)cc2)cc(OC)c1CNC(CC(C)C)c1ncc(C)s1. The van der Waals surface area contributed by atoms with Crippen LogP contribution in [0, 0.1) is 12.8 Å². The van der Waals surface area contributed by atoms with Gasteiger partial charge >= 0.3 is 6.18 Å². The molecule has 190 valence electrons. The molecule has 0 aliphatic heterocycles. The minimum Gasteiger partial charge on any atom is -0.496 e. The van der Waals surface area contributed by atoms with E-state index < -0.39 is 11.7 Å². The maximum atomic E-state index is 12.8. The Morgan fingerprint density at radius 3 is 2.14 bits per heavy atom. The summed E-state index contributed by atoms with van der Waals surface area (Å²) in [6.45, 7) is 7.02. The van der Waals surface area contributed by atoms with Gasteiger partial charge in [-0.25, -0.2) is 4.98 Å². The summed E-state index contributed by atoms with van der Waals surface area (Å²) in [4.78, 5) is 5.73. The molecule has 0 aliphatic carbocycles. The van der Waals surface area contributed by atoms with E-state index in [4.69, 9.17) is 14.2 Å². The summed E-state index contributed by atoms with van der Waals surface area (Å²) in [5.41, 5.74) is 0.779. The second-order valence-corrected chi connectivity index (χ2v) is 9.93. The topological polar surface area (TPSA) is 52.6 Å². The summed E-state index contributed by atoms with van der Waals surface area (Å²) in [7, 11) is 3.15. The lowest BCUT2D eigenvalue weighted by Gasteiger charge is -2.21. The van der Waals surface area contributed by atoms with Crippen LogP contribution in [0.2, 0.25) is 0 Å². The largest absolute Gasteiger partial charge is 0.496 e. The first kappa shape index (κ1) is 26.8. The standard InChI is InChI=1S/C26H31F3N2O3S/c1-16(2)10-22(25-31-13-17(3)35-25)30-14-21-23(32-4)11-20(12-24(21)33-5)34-15-18-6-8-19(9-7-18)26(27,28)29/h6-9,11-13,16,22,30H,10,14-15H2,1-5H3. The van der Waals surface area contributed by atoms with Crippen LogP contribution in [0.3, 0.4) is 0 Å². The number of hydrogen-bond donors (Lipinski definition) is 1. The molecule has 0 radical (unpaired) electrons. The Bertz CT molecular complexity index is 1070. The third-order valence-corrected chi connectivity index (χ3v) is 6.46. The Kier molecular flexibility index (Phi) is 9.02. The van der Waals surface area contributed by atoms with Gasteiger partial charge in [0.05, 0.1) is 31.4 Å². The molecular weight excluding hydrogens is 477 g/mol. The molecular formula is C26H31F3N2O3S. The predicted octanol–water partition coefficient (Wildman–Crippen LogP) is 6.94. The van der Waals surface area contributed by atoms with Gasteiger partial charge < -0.3 is 19.5 Å². The monoisotopic (exact) mass is 508 g/mol. The van der Waals surface area contributed by atoms with Gasteiger partial charge in [-0.05, 0) is 37.0 Å². The van der Waals surface area contributed by atoms with Crippen LogP contribution < -0.4 is 19.5 Å². The van der Waals surface area contributed by atoms with Crippen molar-refractivity contribution in [2.24, 2.45) is 5.92 Å². The Morgan fingerprint density at radius 2 is 1.66 bits per heavy atom. The second kappa shape index (κ2) is 11.8. The number of aromatic nitrogens is 1. The lowest BCUT2D eigenvalue weighted by atomic mass is 10.0. The summed E-state index contributed by atoms with van der Waals surface area (Å²) in [5.74, 6) is 2.17. The minimum atomic E-state index is -4.36. The number of aryl methyl sites for hydroxylation is 1. The van der Waals surface area contributed by atoms with Crippen molar-refractivity contribution in [3.63, 3.8) is 0 Å². The van der Waals surface area contributed by atoms with E-state index in [9.17, 15) is 13.2 Å². The number of hydrogen-bond acceptors (Lipinski definition) is 6. The maximum absolute atomic E-state index is 12.8. The Labute approximate surface area is 208 Å². The van der Waals surface area contributed by atoms with Gasteiger partial charge in [0.1, 0.15) is 28.9 Å². The first-order valence-corrected chi connectivity index (χ1v) is 12.1. The molecule has 5 nitrogen and oxygen atoms in total. The quantitative estimate of drug-likeness (QED) is 0.304. The molecule has 3 aromatic rings. The molecule has 35 heavy (non-hydrogen) atoms. The van der Waals surface area contributed by atoms with Crippen LogP contribution in [0.1, 0.15) is 52.9 Å². The average molecular weight is 509 g/mol. The summed E-state index contributed by atoms with van der Waals surface area (Å²) in [6, 6.07) is 8.52. The van der Waals surface area contributed by atoms with Gasteiger partial charge in [0.25, 0.3) is 0 Å². The van der Waals surface area contributed by atoms with Crippen molar-refractivity contribution in [1.82, 2.24) is 10.3 Å². The Hall–Kier alpha value is -2.78. The molecule has 1 heterocycles. The van der Waals surface area contributed by atoms with Crippen molar-refractivity contribution in [3.05, 3.63) is 69.2 Å². The number of nitrogens with one attached hydrogen (secondary N) is 1. The number of rotatable bonds is 11. The summed E-state index contributed by atoms with van der Waals surface area (Å²) in [5, 5.41) is 4.64. The van der Waals surface area contributed by atoms with Crippen molar-refractivity contribution in [1.29, 1.82) is 0 Å². The molecule has 0 saturated carbocycles. The highest BCUT2D eigenvalue weighted by Crippen LogP contribution is 2.36. The summed E-state index contributed by atoms with van der Waals surface area (Å²) < 4.78 is 55.4. The van der Waals surface area contributed by atoms with E-state index in [1.54, 1.807) is 37.7 Å². The van der Waals surface area contributed by atoms with E-state index >= 15 is 0 Å². The fourth-order valence-corrected chi connectivity index (χ4v) is 4.54.